The molecule has 0 amide bonds. The maximum Gasteiger partial charge on any atom is 0.298 e. The van der Waals surface area contributed by atoms with E-state index < -0.39 is 16.2 Å². The first-order valence-corrected chi connectivity index (χ1v) is 6.30. The highest BCUT2D eigenvalue weighted by Crippen LogP contribution is 2.15. The van der Waals surface area contributed by atoms with Crippen LogP contribution in [-0.4, -0.2) is 14.5 Å². The molecule has 0 aliphatic heterocycles. The van der Waals surface area contributed by atoms with Gasteiger partial charge in [0.25, 0.3) is 10.1 Å². The predicted molar refractivity (Wildman–Crippen MR) is 59.1 cm³/mol. The summed E-state index contributed by atoms with van der Waals surface area (Å²) >= 11 is 0. The molecule has 1 rings (SSSR count). The molecule has 1 aromatic rings. The minimum absolute atomic E-state index is 0.0757. The lowest BCUT2D eigenvalue weighted by atomic mass is 10.2. The van der Waals surface area contributed by atoms with Crippen LogP contribution in [0.1, 0.15) is 18.9 Å². The Kier molecular flexibility index (Phi) is 4.05. The number of aryl methyl sites for hydroxylation is 1. The van der Waals surface area contributed by atoms with Crippen LogP contribution in [0.15, 0.2) is 29.2 Å². The van der Waals surface area contributed by atoms with Crippen molar-refractivity contribution in [2.24, 2.45) is 0 Å². The Labute approximate surface area is 95.6 Å². The molecule has 4 nitrogen and oxygen atoms in total. The highest BCUT2D eigenvalue weighted by molar-refractivity contribution is 7.86. The van der Waals surface area contributed by atoms with Crippen molar-refractivity contribution in [3.05, 3.63) is 29.8 Å². The minimum Gasteiger partial charge on any atom is -0.248 e. The molecule has 0 spiro atoms. The maximum absolute atomic E-state index is 11.7. The van der Waals surface area contributed by atoms with E-state index in [2.05, 4.69) is 0 Å². The van der Waals surface area contributed by atoms with Crippen molar-refractivity contribution in [2.45, 2.75) is 31.3 Å². The second-order valence-electron chi connectivity index (χ2n) is 3.39. The molecule has 0 bridgehead atoms. The third-order valence-corrected chi connectivity index (χ3v) is 3.40. The van der Waals surface area contributed by atoms with Gasteiger partial charge in [0.1, 0.15) is 0 Å². The molecule has 0 heterocycles. The van der Waals surface area contributed by atoms with E-state index in [1.165, 1.54) is 12.1 Å². The minimum atomic E-state index is -3.82. The van der Waals surface area contributed by atoms with Crippen LogP contribution < -0.4 is 0 Å². The van der Waals surface area contributed by atoms with Crippen LogP contribution in [0.4, 0.5) is 0 Å². The van der Waals surface area contributed by atoms with E-state index >= 15 is 0 Å². The molecule has 1 atom stereocenters. The number of nitrogens with zero attached hydrogens (tertiary/aromatic N) is 1. The summed E-state index contributed by atoms with van der Waals surface area (Å²) in [5.41, 5.74) is 0.964. The van der Waals surface area contributed by atoms with Crippen LogP contribution in [0.3, 0.4) is 0 Å². The number of benzene rings is 1. The van der Waals surface area contributed by atoms with E-state index in [4.69, 9.17) is 9.44 Å². The molecule has 0 saturated heterocycles. The predicted octanol–water partition coefficient (Wildman–Crippen LogP) is 2.00. The monoisotopic (exact) mass is 239 g/mol. The van der Waals surface area contributed by atoms with Gasteiger partial charge in [0.2, 0.25) is 0 Å². The van der Waals surface area contributed by atoms with Crippen molar-refractivity contribution < 1.29 is 12.6 Å². The topological polar surface area (TPSA) is 67.2 Å². The van der Waals surface area contributed by atoms with Crippen molar-refractivity contribution in [3.8, 4) is 6.07 Å². The molecule has 1 aromatic carbocycles. The summed E-state index contributed by atoms with van der Waals surface area (Å²) in [4.78, 5) is 0.0757. The van der Waals surface area contributed by atoms with Crippen LogP contribution in [0.2, 0.25) is 0 Å². The van der Waals surface area contributed by atoms with Crippen LogP contribution in [0.5, 0.6) is 0 Å². The van der Waals surface area contributed by atoms with E-state index in [9.17, 15) is 8.42 Å². The van der Waals surface area contributed by atoms with E-state index in [0.717, 1.165) is 5.56 Å². The molecule has 0 fully saturated rings. The maximum atomic E-state index is 11.7. The molecule has 0 saturated carbocycles. The Hall–Kier alpha value is -1.38. The molecular weight excluding hydrogens is 226 g/mol. The van der Waals surface area contributed by atoms with Gasteiger partial charge in [0.15, 0.2) is 6.10 Å². The lowest BCUT2D eigenvalue weighted by molar-refractivity contribution is 0.257. The molecular formula is C11H13NO3S. The summed E-state index contributed by atoms with van der Waals surface area (Å²) in [6.07, 6.45) is -0.590. The Morgan fingerprint density at radius 1 is 1.38 bits per heavy atom. The standard InChI is InChI=1S/C11H13NO3S/c1-3-10(8-12)15-16(13,14)11-6-4-9(2)5-7-11/h4-7,10H,3H2,1-2H3. The van der Waals surface area contributed by atoms with Crippen molar-refractivity contribution in [1.29, 1.82) is 5.26 Å². The summed E-state index contributed by atoms with van der Waals surface area (Å²) in [6, 6.07) is 8.09. The molecule has 1 unspecified atom stereocenters. The van der Waals surface area contributed by atoms with Crippen LogP contribution in [0, 0.1) is 18.3 Å². The normalized spacial score (nSPS) is 13.1. The summed E-state index contributed by atoms with van der Waals surface area (Å²) < 4.78 is 28.2. The highest BCUT2D eigenvalue weighted by Gasteiger charge is 2.20. The van der Waals surface area contributed by atoms with Gasteiger partial charge in [0, 0.05) is 0 Å². The van der Waals surface area contributed by atoms with E-state index in [0.29, 0.717) is 6.42 Å². The van der Waals surface area contributed by atoms with Crippen molar-refractivity contribution >= 4 is 10.1 Å². The molecule has 0 aliphatic carbocycles. The molecule has 0 aromatic heterocycles. The quantitative estimate of drug-likeness (QED) is 0.754. The fourth-order valence-corrected chi connectivity index (χ4v) is 2.16. The van der Waals surface area contributed by atoms with Gasteiger partial charge < -0.3 is 0 Å². The Bertz CT molecular complexity index is 485. The molecule has 0 aliphatic rings. The average molecular weight is 239 g/mol. The second-order valence-corrected chi connectivity index (χ2v) is 4.96. The fourth-order valence-electron chi connectivity index (χ4n) is 1.09. The number of rotatable bonds is 4. The first kappa shape index (κ1) is 12.7. The number of nitriles is 1. The fraction of sp³-hybridized carbons (Fsp3) is 0.364. The molecule has 0 N–H and O–H groups in total. The molecule has 86 valence electrons. The number of hydrogen-bond donors (Lipinski definition) is 0. The summed E-state index contributed by atoms with van der Waals surface area (Å²) in [7, 11) is -3.82. The molecule has 5 heteroatoms. The van der Waals surface area contributed by atoms with Crippen LogP contribution in [0.25, 0.3) is 0 Å². The van der Waals surface area contributed by atoms with Gasteiger partial charge in [-0.15, -0.1) is 0 Å². The van der Waals surface area contributed by atoms with Crippen LogP contribution >= 0.6 is 0 Å². The zero-order valence-electron chi connectivity index (χ0n) is 9.17. The van der Waals surface area contributed by atoms with Gasteiger partial charge in [-0.25, -0.2) is 4.18 Å². The van der Waals surface area contributed by atoms with Crippen molar-refractivity contribution in [1.82, 2.24) is 0 Å². The average Bonchev–Trinajstić information content (AvgIpc) is 2.26. The molecule has 0 radical (unpaired) electrons. The second kappa shape index (κ2) is 5.10. The van der Waals surface area contributed by atoms with E-state index in [1.807, 2.05) is 6.92 Å². The number of hydrogen-bond acceptors (Lipinski definition) is 4. The smallest absolute Gasteiger partial charge is 0.248 e. The van der Waals surface area contributed by atoms with E-state index in [1.54, 1.807) is 25.1 Å². The van der Waals surface area contributed by atoms with Gasteiger partial charge in [-0.1, -0.05) is 24.6 Å². The summed E-state index contributed by atoms with van der Waals surface area (Å²) in [5, 5.41) is 8.64. The van der Waals surface area contributed by atoms with Gasteiger partial charge in [-0.2, -0.15) is 13.7 Å². The Morgan fingerprint density at radius 2 is 1.94 bits per heavy atom. The Balaban J connectivity index is 2.95. The molecule has 16 heavy (non-hydrogen) atoms. The lowest BCUT2D eigenvalue weighted by Gasteiger charge is -2.08. The SMILES string of the molecule is CCC(C#N)OS(=O)(=O)c1ccc(C)cc1. The first-order valence-electron chi connectivity index (χ1n) is 4.89. The lowest BCUT2D eigenvalue weighted by Crippen LogP contribution is -2.16. The third-order valence-electron chi connectivity index (χ3n) is 2.07. The van der Waals surface area contributed by atoms with Gasteiger partial charge >= 0.3 is 0 Å². The largest absolute Gasteiger partial charge is 0.298 e. The summed E-state index contributed by atoms with van der Waals surface area (Å²) in [5.74, 6) is 0. The van der Waals surface area contributed by atoms with E-state index in [-0.39, 0.29) is 4.90 Å². The van der Waals surface area contributed by atoms with Crippen molar-refractivity contribution in [3.63, 3.8) is 0 Å². The van der Waals surface area contributed by atoms with Gasteiger partial charge in [-0.05, 0) is 25.5 Å². The zero-order chi connectivity index (χ0) is 12.2. The van der Waals surface area contributed by atoms with Crippen LogP contribution in [-0.2, 0) is 14.3 Å². The zero-order valence-corrected chi connectivity index (χ0v) is 9.99. The highest BCUT2D eigenvalue weighted by atomic mass is 32.2. The summed E-state index contributed by atoms with van der Waals surface area (Å²) in [6.45, 7) is 3.56. The third kappa shape index (κ3) is 3.05. The van der Waals surface area contributed by atoms with Crippen molar-refractivity contribution in [2.75, 3.05) is 0 Å². The van der Waals surface area contributed by atoms with Gasteiger partial charge in [0.05, 0.1) is 11.0 Å². The Morgan fingerprint density at radius 3 is 2.38 bits per heavy atom. The van der Waals surface area contributed by atoms with Gasteiger partial charge in [-0.3, -0.25) is 0 Å². The first-order chi connectivity index (χ1) is 7.49.